The molecule has 3 saturated heterocycles. The van der Waals surface area contributed by atoms with Crippen LogP contribution in [0.15, 0.2) is 17.2 Å². The summed E-state index contributed by atoms with van der Waals surface area (Å²) >= 11 is 0. The Hall–Kier alpha value is -0.890. The molecule has 4 heterocycles. The van der Waals surface area contributed by atoms with Gasteiger partial charge in [0, 0.05) is 31.0 Å². The van der Waals surface area contributed by atoms with Crippen molar-refractivity contribution in [3.8, 4) is 0 Å². The first-order chi connectivity index (χ1) is 9.58. The smallest absolute Gasteiger partial charge is 0.242 e. The van der Waals surface area contributed by atoms with E-state index in [4.69, 9.17) is 0 Å². The third-order valence-corrected chi connectivity index (χ3v) is 5.83. The highest BCUT2D eigenvalue weighted by Crippen LogP contribution is 2.28. The van der Waals surface area contributed by atoms with Crippen LogP contribution in [0.5, 0.6) is 0 Å². The Labute approximate surface area is 120 Å². The Morgan fingerprint density at radius 1 is 1.40 bits per heavy atom. The summed E-state index contributed by atoms with van der Waals surface area (Å²) in [6, 6.07) is 1.75. The molecule has 3 fully saturated rings. The van der Waals surface area contributed by atoms with Gasteiger partial charge in [0.2, 0.25) is 10.0 Å². The van der Waals surface area contributed by atoms with Crippen LogP contribution >= 0.6 is 0 Å². The van der Waals surface area contributed by atoms with E-state index in [1.807, 2.05) is 7.05 Å². The summed E-state index contributed by atoms with van der Waals surface area (Å²) in [6.07, 6.45) is 3.77. The summed E-state index contributed by atoms with van der Waals surface area (Å²) in [4.78, 5) is 5.67. The van der Waals surface area contributed by atoms with E-state index in [-0.39, 0.29) is 6.04 Å². The van der Waals surface area contributed by atoms with Crippen LogP contribution in [0.4, 0.5) is 0 Å². The second kappa shape index (κ2) is 5.48. The molecule has 1 aromatic rings. The molecule has 1 aromatic heterocycles. The van der Waals surface area contributed by atoms with Gasteiger partial charge in [0.1, 0.15) is 0 Å². The number of fused-ring (bicyclic) bond motifs is 3. The monoisotopic (exact) mass is 298 g/mol. The van der Waals surface area contributed by atoms with Crippen molar-refractivity contribution in [2.24, 2.45) is 5.92 Å². The normalized spacial score (nSPS) is 29.8. The van der Waals surface area contributed by atoms with E-state index in [1.165, 1.54) is 0 Å². The van der Waals surface area contributed by atoms with Crippen LogP contribution in [0.2, 0.25) is 0 Å². The summed E-state index contributed by atoms with van der Waals surface area (Å²) in [5, 5.41) is 3.00. The van der Waals surface area contributed by atoms with Crippen LogP contribution in [0.1, 0.15) is 18.5 Å². The van der Waals surface area contributed by atoms with Crippen LogP contribution in [0, 0.1) is 5.92 Å². The van der Waals surface area contributed by atoms with Gasteiger partial charge < -0.3 is 15.2 Å². The number of nitrogens with zero attached hydrogens (tertiary/aromatic N) is 1. The number of hydrogen-bond acceptors (Lipinski definition) is 4. The molecular weight excluding hydrogens is 276 g/mol. The molecule has 0 amide bonds. The maximum Gasteiger partial charge on any atom is 0.242 e. The fourth-order valence-corrected chi connectivity index (χ4v) is 4.55. The first kappa shape index (κ1) is 14.1. The Kier molecular flexibility index (Phi) is 3.85. The fraction of sp³-hybridized carbons (Fsp3) is 0.692. The fourth-order valence-electron chi connectivity index (χ4n) is 3.23. The number of piperidine rings is 3. The summed E-state index contributed by atoms with van der Waals surface area (Å²) in [5.41, 5.74) is 0.877. The minimum absolute atomic E-state index is 0.0603. The van der Waals surface area contributed by atoms with Gasteiger partial charge in [0.15, 0.2) is 0 Å². The molecule has 2 bridgehead atoms. The van der Waals surface area contributed by atoms with Crippen LogP contribution in [-0.4, -0.2) is 51.0 Å². The maximum absolute atomic E-state index is 12.4. The van der Waals surface area contributed by atoms with Crippen molar-refractivity contribution in [3.05, 3.63) is 18.0 Å². The van der Waals surface area contributed by atoms with Gasteiger partial charge in [-0.3, -0.25) is 0 Å². The maximum atomic E-state index is 12.4. The molecule has 3 aliphatic heterocycles. The minimum Gasteiger partial charge on any atom is -0.363 e. The zero-order valence-electron chi connectivity index (χ0n) is 11.7. The van der Waals surface area contributed by atoms with Crippen molar-refractivity contribution in [2.45, 2.75) is 30.3 Å². The summed E-state index contributed by atoms with van der Waals surface area (Å²) in [7, 11) is -1.58. The Bertz CT molecular complexity index is 561. The van der Waals surface area contributed by atoms with Crippen molar-refractivity contribution >= 4 is 10.0 Å². The minimum atomic E-state index is -3.42. The van der Waals surface area contributed by atoms with Crippen molar-refractivity contribution in [1.82, 2.24) is 19.9 Å². The van der Waals surface area contributed by atoms with Crippen LogP contribution in [-0.2, 0) is 16.6 Å². The lowest BCUT2D eigenvalue weighted by Gasteiger charge is -2.44. The third-order valence-electron chi connectivity index (χ3n) is 4.36. The van der Waals surface area contributed by atoms with Gasteiger partial charge in [-0.15, -0.1) is 0 Å². The van der Waals surface area contributed by atoms with E-state index in [2.05, 4.69) is 19.9 Å². The second-order valence-electron chi connectivity index (χ2n) is 5.76. The van der Waals surface area contributed by atoms with Gasteiger partial charge in [-0.1, -0.05) is 0 Å². The highest BCUT2D eigenvalue weighted by Gasteiger charge is 2.36. The zero-order chi connectivity index (χ0) is 14.2. The Morgan fingerprint density at radius 3 is 2.75 bits per heavy atom. The molecule has 0 radical (unpaired) electrons. The molecule has 7 heteroatoms. The average Bonchev–Trinajstić information content (AvgIpc) is 2.90. The van der Waals surface area contributed by atoms with Crippen LogP contribution in [0.25, 0.3) is 0 Å². The second-order valence-corrected chi connectivity index (χ2v) is 7.47. The highest BCUT2D eigenvalue weighted by atomic mass is 32.2. The molecule has 1 atom stereocenters. The van der Waals surface area contributed by atoms with Crippen LogP contribution in [0.3, 0.4) is 0 Å². The van der Waals surface area contributed by atoms with Crippen molar-refractivity contribution in [2.75, 3.05) is 26.7 Å². The third kappa shape index (κ3) is 2.76. The summed E-state index contributed by atoms with van der Waals surface area (Å²) in [5.74, 6) is 0.491. The van der Waals surface area contributed by atoms with E-state index < -0.39 is 10.0 Å². The molecule has 0 aliphatic carbocycles. The quantitative estimate of drug-likeness (QED) is 0.721. The molecule has 3 aliphatic rings. The number of aromatic amines is 1. The molecule has 3 N–H and O–H groups in total. The molecule has 0 aromatic carbocycles. The molecule has 20 heavy (non-hydrogen) atoms. The number of sulfonamides is 1. The Balaban J connectivity index is 1.71. The van der Waals surface area contributed by atoms with Gasteiger partial charge >= 0.3 is 0 Å². The lowest BCUT2D eigenvalue weighted by molar-refractivity contribution is 0.0827. The lowest BCUT2D eigenvalue weighted by atomic mass is 9.85. The van der Waals surface area contributed by atoms with E-state index in [0.717, 1.165) is 38.2 Å². The molecule has 4 rings (SSSR count). The molecule has 0 spiro atoms. The predicted octanol–water partition coefficient (Wildman–Crippen LogP) is 0.107. The summed E-state index contributed by atoms with van der Waals surface area (Å²) < 4.78 is 27.7. The van der Waals surface area contributed by atoms with E-state index in [9.17, 15) is 8.42 Å². The first-order valence-corrected chi connectivity index (χ1v) is 8.63. The molecule has 6 nitrogen and oxygen atoms in total. The van der Waals surface area contributed by atoms with Gasteiger partial charge in [-0.25, -0.2) is 13.1 Å². The SMILES string of the molecule is CNCc1cc(S(=O)(=O)NC2CN3CCC2CC3)c[nH]1. The van der Waals surface area contributed by atoms with Gasteiger partial charge in [-0.05, 0) is 45.0 Å². The van der Waals surface area contributed by atoms with Gasteiger partial charge in [0.05, 0.1) is 4.90 Å². The van der Waals surface area contributed by atoms with Crippen molar-refractivity contribution in [1.29, 1.82) is 0 Å². The predicted molar refractivity (Wildman–Crippen MR) is 76.8 cm³/mol. The zero-order valence-corrected chi connectivity index (χ0v) is 12.5. The lowest BCUT2D eigenvalue weighted by Crippen LogP contribution is -2.57. The number of hydrogen-bond donors (Lipinski definition) is 3. The number of H-pyrrole nitrogens is 1. The molecule has 1 unspecified atom stereocenters. The molecule has 112 valence electrons. The van der Waals surface area contributed by atoms with Crippen molar-refractivity contribution < 1.29 is 8.42 Å². The average molecular weight is 298 g/mol. The van der Waals surface area contributed by atoms with Crippen LogP contribution < -0.4 is 10.0 Å². The Morgan fingerprint density at radius 2 is 2.15 bits per heavy atom. The molecular formula is C13H22N4O2S. The van der Waals surface area contributed by atoms with E-state index in [0.29, 0.717) is 17.4 Å². The number of aromatic nitrogens is 1. The first-order valence-electron chi connectivity index (χ1n) is 7.15. The van der Waals surface area contributed by atoms with Crippen molar-refractivity contribution in [3.63, 3.8) is 0 Å². The number of rotatable bonds is 5. The number of nitrogens with one attached hydrogen (secondary N) is 3. The molecule has 0 saturated carbocycles. The summed E-state index contributed by atoms with van der Waals surface area (Å²) in [6.45, 7) is 3.70. The largest absolute Gasteiger partial charge is 0.363 e. The standard InChI is InChI=1S/C13H22N4O2S/c1-14-7-11-6-12(8-15-11)20(18,19)16-13-9-17-4-2-10(13)3-5-17/h6,8,10,13-16H,2-5,7,9H2,1H3. The van der Waals surface area contributed by atoms with E-state index in [1.54, 1.807) is 12.3 Å². The van der Waals surface area contributed by atoms with E-state index >= 15 is 0 Å². The highest BCUT2D eigenvalue weighted by molar-refractivity contribution is 7.89. The van der Waals surface area contributed by atoms with Gasteiger partial charge in [0.25, 0.3) is 0 Å². The van der Waals surface area contributed by atoms with Gasteiger partial charge in [-0.2, -0.15) is 0 Å². The topological polar surface area (TPSA) is 77.2 Å².